The molecule has 0 bridgehead atoms. The van der Waals surface area contributed by atoms with Gasteiger partial charge >= 0.3 is 12.1 Å². The highest BCUT2D eigenvalue weighted by Crippen LogP contribution is 2.37. The molecule has 2 amide bonds. The summed E-state index contributed by atoms with van der Waals surface area (Å²) in [4.78, 5) is 44.0. The van der Waals surface area contributed by atoms with Crippen LogP contribution >= 0.6 is 11.6 Å². The van der Waals surface area contributed by atoms with Crippen molar-refractivity contribution in [2.75, 3.05) is 25.5 Å². The lowest BCUT2D eigenvalue weighted by molar-refractivity contribution is -0.192. The summed E-state index contributed by atoms with van der Waals surface area (Å²) in [6, 6.07) is 25.8. The molecule has 11 nitrogen and oxygen atoms in total. The van der Waals surface area contributed by atoms with Gasteiger partial charge in [-0.1, -0.05) is 35.9 Å². The van der Waals surface area contributed by atoms with Crippen molar-refractivity contribution < 1.29 is 37.8 Å². The minimum Gasteiger partial charge on any atom is -0.508 e. The lowest BCUT2D eigenvalue weighted by Gasteiger charge is -2.38. The van der Waals surface area contributed by atoms with Gasteiger partial charge in [-0.3, -0.25) is 14.5 Å². The zero-order valence-electron chi connectivity index (χ0n) is 32.9. The number of phenols is 1. The van der Waals surface area contributed by atoms with Gasteiger partial charge in [0, 0.05) is 65.6 Å². The number of aromatic hydroxyl groups is 1. The number of rotatable bonds is 9. The molecule has 0 radical (unpaired) electrons. The number of nitriles is 1. The van der Waals surface area contributed by atoms with E-state index in [9.17, 15) is 33.1 Å². The second kappa shape index (κ2) is 17.6. The molecule has 2 N–H and O–H groups in total. The summed E-state index contributed by atoms with van der Waals surface area (Å²) >= 11 is 6.62. The third kappa shape index (κ3) is 9.22. The summed E-state index contributed by atoms with van der Waals surface area (Å²) in [5.74, 6) is -3.08. The zero-order valence-corrected chi connectivity index (χ0v) is 33.7. The van der Waals surface area contributed by atoms with Crippen LogP contribution in [0.1, 0.15) is 61.8 Å². The molecule has 1 aliphatic heterocycles. The van der Waals surface area contributed by atoms with Crippen molar-refractivity contribution in [1.29, 1.82) is 5.26 Å². The highest BCUT2D eigenvalue weighted by molar-refractivity contribution is 6.31. The lowest BCUT2D eigenvalue weighted by atomic mass is 9.90. The molecule has 0 saturated carbocycles. The Balaban J connectivity index is 0.000000839. The normalized spacial score (nSPS) is 13.7. The van der Waals surface area contributed by atoms with Crippen LogP contribution < -0.4 is 4.90 Å². The third-order valence-electron chi connectivity index (χ3n) is 10.4. The average molecular weight is 817 g/mol. The van der Waals surface area contributed by atoms with Crippen molar-refractivity contribution in [3.63, 3.8) is 0 Å². The number of aliphatic carboxylic acids is 1. The van der Waals surface area contributed by atoms with Gasteiger partial charge in [-0.05, 0) is 119 Å². The molecule has 3 heterocycles. The van der Waals surface area contributed by atoms with Crippen molar-refractivity contribution in [2.24, 2.45) is 14.1 Å². The Morgan fingerprint density at radius 1 is 0.914 bits per heavy atom. The quantitative estimate of drug-likeness (QED) is 0.153. The fourth-order valence-electron chi connectivity index (χ4n) is 7.07. The number of carboxylic acid groups (broad SMARTS) is 1. The summed E-state index contributed by atoms with van der Waals surface area (Å²) in [6.07, 6.45) is -2.45. The van der Waals surface area contributed by atoms with Crippen LogP contribution in [-0.2, 0) is 31.9 Å². The summed E-state index contributed by atoms with van der Waals surface area (Å²) < 4.78 is 35.4. The molecule has 6 rings (SSSR count). The van der Waals surface area contributed by atoms with E-state index in [2.05, 4.69) is 43.3 Å². The van der Waals surface area contributed by atoms with Gasteiger partial charge in [-0.2, -0.15) is 18.4 Å². The SMILES string of the molecule is Cc1c(N(C(=O)c2cc(-c3cc(Cl)ccc3C(=O)N3Cc4ccccc4C[C@H]3CCCN(C)C)n(C)c2C)c2ccc(O)cc2)cc(C#N)n1C.O=C(O)C(F)(F)F. The zero-order chi connectivity index (χ0) is 42.6. The molecule has 0 saturated heterocycles. The smallest absolute Gasteiger partial charge is 0.490 e. The number of carbonyl (C=O) groups is 3. The number of hydrogen-bond acceptors (Lipinski definition) is 6. The number of halogens is 4. The number of phenolic OH excluding ortho intramolecular Hbond substituents is 1. The fourth-order valence-corrected chi connectivity index (χ4v) is 7.25. The van der Waals surface area contributed by atoms with Crippen LogP contribution in [0.3, 0.4) is 0 Å². The van der Waals surface area contributed by atoms with Gasteiger partial charge in [-0.15, -0.1) is 0 Å². The number of anilines is 2. The molecule has 304 valence electrons. The van der Waals surface area contributed by atoms with Crippen LogP contribution in [0.25, 0.3) is 11.3 Å². The van der Waals surface area contributed by atoms with Crippen molar-refractivity contribution in [3.05, 3.63) is 123 Å². The number of carbonyl (C=O) groups excluding carboxylic acids is 2. The predicted molar refractivity (Wildman–Crippen MR) is 215 cm³/mol. The second-order valence-corrected chi connectivity index (χ2v) is 14.9. The van der Waals surface area contributed by atoms with Gasteiger partial charge in [0.05, 0.1) is 11.3 Å². The lowest BCUT2D eigenvalue weighted by Crippen LogP contribution is -2.44. The minimum atomic E-state index is -5.08. The van der Waals surface area contributed by atoms with E-state index in [0.717, 1.165) is 37.1 Å². The van der Waals surface area contributed by atoms with Gasteiger partial charge in [-0.25, -0.2) is 4.79 Å². The summed E-state index contributed by atoms with van der Waals surface area (Å²) in [5.41, 5.74) is 7.61. The number of aromatic nitrogens is 2. The van der Waals surface area contributed by atoms with E-state index in [1.807, 2.05) is 42.5 Å². The Bertz CT molecular complexity index is 2380. The first kappa shape index (κ1) is 43.1. The van der Waals surface area contributed by atoms with E-state index in [0.29, 0.717) is 56.7 Å². The number of benzene rings is 3. The van der Waals surface area contributed by atoms with Crippen LogP contribution in [0.15, 0.2) is 78.9 Å². The van der Waals surface area contributed by atoms with Crippen molar-refractivity contribution in [2.45, 2.75) is 51.9 Å². The Labute approximate surface area is 339 Å². The van der Waals surface area contributed by atoms with E-state index < -0.39 is 12.1 Å². The molecule has 1 atom stereocenters. The molecule has 3 aromatic carbocycles. The molecule has 0 fully saturated rings. The number of carboxylic acids is 1. The van der Waals surface area contributed by atoms with E-state index in [1.54, 1.807) is 52.9 Å². The standard InChI is InChI=1S/C41H43ClN6O3.C2HF3O2/c1-26-36(41(51)48(31-14-16-34(49)17-15-31)38-22-33(24-43)45(5)27(38)2)23-39(46(26)6)37-21-30(42)13-18-35(37)40(50)47-25-29-11-8-7-10-28(29)20-32(47)12-9-19-44(3)4;3-2(4,5)1(6)7/h7-8,10-11,13-18,21-23,32,49H,9,12,19-20,25H2,1-6H3;(H,6,7)/t32-;/m1./s1. The number of amides is 2. The van der Waals surface area contributed by atoms with Gasteiger partial charge < -0.3 is 29.1 Å². The molecule has 58 heavy (non-hydrogen) atoms. The fraction of sp³-hybridized carbons (Fsp3) is 0.302. The van der Waals surface area contributed by atoms with Crippen molar-refractivity contribution in [1.82, 2.24) is 18.9 Å². The summed E-state index contributed by atoms with van der Waals surface area (Å²) in [7, 11) is 7.79. The first-order valence-corrected chi connectivity index (χ1v) is 18.7. The Morgan fingerprint density at radius 2 is 1.55 bits per heavy atom. The van der Waals surface area contributed by atoms with Crippen LogP contribution in [-0.4, -0.2) is 79.8 Å². The third-order valence-corrected chi connectivity index (χ3v) is 10.7. The summed E-state index contributed by atoms with van der Waals surface area (Å²) in [6.45, 7) is 5.19. The van der Waals surface area contributed by atoms with Gasteiger partial charge in [0.2, 0.25) is 0 Å². The van der Waals surface area contributed by atoms with E-state index in [-0.39, 0.29) is 23.6 Å². The monoisotopic (exact) mass is 816 g/mol. The van der Waals surface area contributed by atoms with Crippen LogP contribution in [0.2, 0.25) is 5.02 Å². The second-order valence-electron chi connectivity index (χ2n) is 14.4. The molecule has 5 aromatic rings. The molecule has 0 aliphatic carbocycles. The predicted octanol–water partition coefficient (Wildman–Crippen LogP) is 8.40. The molecule has 0 spiro atoms. The van der Waals surface area contributed by atoms with Crippen LogP contribution in [0.5, 0.6) is 5.75 Å². The molecular formula is C43H44ClF3N6O5. The highest BCUT2D eigenvalue weighted by Gasteiger charge is 2.38. The Kier molecular flexibility index (Phi) is 13.1. The van der Waals surface area contributed by atoms with E-state index >= 15 is 0 Å². The van der Waals surface area contributed by atoms with E-state index in [4.69, 9.17) is 21.5 Å². The van der Waals surface area contributed by atoms with Crippen LogP contribution in [0, 0.1) is 25.2 Å². The Hall–Kier alpha value is -6.04. The molecular weight excluding hydrogens is 773 g/mol. The van der Waals surface area contributed by atoms with Crippen molar-refractivity contribution >= 4 is 40.8 Å². The maximum absolute atomic E-state index is 14.7. The highest BCUT2D eigenvalue weighted by atomic mass is 35.5. The average Bonchev–Trinajstić information content (AvgIpc) is 3.63. The van der Waals surface area contributed by atoms with Gasteiger partial charge in [0.15, 0.2) is 0 Å². The maximum Gasteiger partial charge on any atom is 0.490 e. The van der Waals surface area contributed by atoms with E-state index in [1.165, 1.54) is 17.7 Å². The van der Waals surface area contributed by atoms with Crippen LogP contribution in [0.4, 0.5) is 24.5 Å². The minimum absolute atomic E-state index is 0.0365. The number of hydrogen-bond donors (Lipinski definition) is 2. The Morgan fingerprint density at radius 3 is 2.14 bits per heavy atom. The van der Waals surface area contributed by atoms with Crippen molar-refractivity contribution in [3.8, 4) is 23.1 Å². The number of alkyl halides is 3. The number of fused-ring (bicyclic) bond motifs is 1. The summed E-state index contributed by atoms with van der Waals surface area (Å²) in [5, 5.41) is 27.4. The van der Waals surface area contributed by atoms with Gasteiger partial charge in [0.1, 0.15) is 17.5 Å². The first-order valence-electron chi connectivity index (χ1n) is 18.3. The van der Waals surface area contributed by atoms with Gasteiger partial charge in [0.25, 0.3) is 11.8 Å². The topological polar surface area (TPSA) is 135 Å². The number of nitrogens with zero attached hydrogens (tertiary/aromatic N) is 6. The maximum atomic E-state index is 14.7. The molecule has 2 aromatic heterocycles. The molecule has 0 unspecified atom stereocenters. The largest absolute Gasteiger partial charge is 0.508 e. The first-order chi connectivity index (χ1) is 27.3. The molecule has 15 heteroatoms. The molecule has 1 aliphatic rings.